The highest BCUT2D eigenvalue weighted by atomic mass is 32.1. The maximum absolute atomic E-state index is 5.85. The van der Waals surface area contributed by atoms with Crippen molar-refractivity contribution in [2.45, 2.75) is 27.7 Å². The number of thiazole rings is 1. The Morgan fingerprint density at radius 1 is 1.06 bits per heavy atom. The average Bonchev–Trinajstić information content (AvgIpc) is 2.56. The second kappa shape index (κ2) is 3.91. The van der Waals surface area contributed by atoms with Crippen molar-refractivity contribution >= 4 is 16.3 Å². The third-order valence-electron chi connectivity index (χ3n) is 3.12. The summed E-state index contributed by atoms with van der Waals surface area (Å²) in [5.41, 5.74) is 11.9. The summed E-state index contributed by atoms with van der Waals surface area (Å²) in [6.07, 6.45) is 0. The van der Waals surface area contributed by atoms with E-state index in [1.54, 1.807) is 11.3 Å². The number of aryl methyl sites for hydroxylation is 2. The lowest BCUT2D eigenvalue weighted by Crippen LogP contribution is -1.90. The molecular formula is C13H16N2S. The van der Waals surface area contributed by atoms with Gasteiger partial charge in [-0.25, -0.2) is 4.98 Å². The molecule has 84 valence electrons. The Balaban J connectivity index is 2.61. The van der Waals surface area contributed by atoms with E-state index in [2.05, 4.69) is 37.9 Å². The van der Waals surface area contributed by atoms with Crippen molar-refractivity contribution in [3.63, 3.8) is 0 Å². The number of nitrogens with zero attached hydrogens (tertiary/aromatic N) is 1. The monoisotopic (exact) mass is 232 g/mol. The van der Waals surface area contributed by atoms with Crippen LogP contribution in [0.15, 0.2) is 12.1 Å². The maximum atomic E-state index is 5.85. The van der Waals surface area contributed by atoms with Crippen LogP contribution in [0.4, 0.5) is 5.00 Å². The standard InChI is InChI=1S/C13H16N2S/c1-7-5-6-11(9(3)8(7)2)13-15-10(4)12(14)16-13/h5-6H,14H2,1-4H3. The van der Waals surface area contributed by atoms with Gasteiger partial charge >= 0.3 is 0 Å². The second-order valence-corrected chi connectivity index (χ2v) is 5.18. The van der Waals surface area contributed by atoms with Gasteiger partial charge in [-0.1, -0.05) is 23.5 Å². The topological polar surface area (TPSA) is 38.9 Å². The number of hydrogen-bond donors (Lipinski definition) is 1. The van der Waals surface area contributed by atoms with Gasteiger partial charge in [-0.3, -0.25) is 0 Å². The number of hydrogen-bond acceptors (Lipinski definition) is 3. The van der Waals surface area contributed by atoms with E-state index in [9.17, 15) is 0 Å². The molecular weight excluding hydrogens is 216 g/mol. The molecule has 0 fully saturated rings. The highest BCUT2D eigenvalue weighted by Gasteiger charge is 2.11. The van der Waals surface area contributed by atoms with Gasteiger partial charge < -0.3 is 5.73 Å². The van der Waals surface area contributed by atoms with Crippen LogP contribution in [0.5, 0.6) is 0 Å². The number of rotatable bonds is 1. The Kier molecular flexibility index (Phi) is 2.72. The van der Waals surface area contributed by atoms with E-state index in [1.165, 1.54) is 22.3 Å². The lowest BCUT2D eigenvalue weighted by atomic mass is 9.99. The first-order valence-corrected chi connectivity index (χ1v) is 6.12. The fraction of sp³-hybridized carbons (Fsp3) is 0.308. The predicted octanol–water partition coefficient (Wildman–Crippen LogP) is 3.63. The normalized spacial score (nSPS) is 10.8. The molecule has 16 heavy (non-hydrogen) atoms. The first-order valence-electron chi connectivity index (χ1n) is 5.30. The van der Waals surface area contributed by atoms with Crippen molar-refractivity contribution in [3.05, 3.63) is 34.5 Å². The van der Waals surface area contributed by atoms with Crippen LogP contribution in [0.1, 0.15) is 22.4 Å². The number of anilines is 1. The Hall–Kier alpha value is -1.35. The molecule has 1 aromatic carbocycles. The molecule has 2 nitrogen and oxygen atoms in total. The van der Waals surface area contributed by atoms with E-state index in [1.807, 2.05) is 6.92 Å². The van der Waals surface area contributed by atoms with Gasteiger partial charge in [-0.15, -0.1) is 0 Å². The molecule has 0 radical (unpaired) electrons. The molecule has 1 aromatic heterocycles. The molecule has 0 unspecified atom stereocenters. The van der Waals surface area contributed by atoms with Crippen molar-refractivity contribution in [2.75, 3.05) is 5.73 Å². The number of nitrogens with two attached hydrogens (primary N) is 1. The fourth-order valence-electron chi connectivity index (χ4n) is 1.71. The summed E-state index contributed by atoms with van der Waals surface area (Å²) < 4.78 is 0. The number of benzene rings is 1. The fourth-order valence-corrected chi connectivity index (χ4v) is 2.63. The Labute approximate surface area is 100 Å². The minimum atomic E-state index is 0.813. The minimum Gasteiger partial charge on any atom is -0.389 e. The molecule has 0 bridgehead atoms. The summed E-state index contributed by atoms with van der Waals surface area (Å²) >= 11 is 1.56. The van der Waals surface area contributed by atoms with Crippen molar-refractivity contribution in [2.24, 2.45) is 0 Å². The smallest absolute Gasteiger partial charge is 0.125 e. The van der Waals surface area contributed by atoms with Gasteiger partial charge in [0, 0.05) is 5.56 Å². The molecule has 2 N–H and O–H groups in total. The molecule has 0 aliphatic carbocycles. The molecule has 0 saturated carbocycles. The van der Waals surface area contributed by atoms with Crippen molar-refractivity contribution in [1.29, 1.82) is 0 Å². The van der Waals surface area contributed by atoms with Gasteiger partial charge in [0.1, 0.15) is 10.0 Å². The van der Waals surface area contributed by atoms with Gasteiger partial charge in [0.15, 0.2) is 0 Å². The van der Waals surface area contributed by atoms with Gasteiger partial charge in [0.25, 0.3) is 0 Å². The van der Waals surface area contributed by atoms with Gasteiger partial charge in [0.05, 0.1) is 5.69 Å². The van der Waals surface area contributed by atoms with Gasteiger partial charge in [-0.05, 0) is 44.4 Å². The highest BCUT2D eigenvalue weighted by molar-refractivity contribution is 7.18. The summed E-state index contributed by atoms with van der Waals surface area (Å²) in [5.74, 6) is 0. The molecule has 2 aromatic rings. The molecule has 1 heterocycles. The van der Waals surface area contributed by atoms with Crippen LogP contribution in [-0.4, -0.2) is 4.98 Å². The lowest BCUT2D eigenvalue weighted by Gasteiger charge is -2.08. The van der Waals surface area contributed by atoms with Crippen LogP contribution in [0.2, 0.25) is 0 Å². The first kappa shape index (κ1) is 11.1. The van der Waals surface area contributed by atoms with Crippen LogP contribution in [0.25, 0.3) is 10.6 Å². The average molecular weight is 232 g/mol. The molecule has 0 atom stereocenters. The van der Waals surface area contributed by atoms with Crippen molar-refractivity contribution in [3.8, 4) is 10.6 Å². The van der Waals surface area contributed by atoms with E-state index in [4.69, 9.17) is 5.73 Å². The zero-order chi connectivity index (χ0) is 11.9. The lowest BCUT2D eigenvalue weighted by molar-refractivity contribution is 1.23. The second-order valence-electron chi connectivity index (χ2n) is 4.15. The third-order valence-corrected chi connectivity index (χ3v) is 4.14. The summed E-state index contributed by atoms with van der Waals surface area (Å²) in [7, 11) is 0. The summed E-state index contributed by atoms with van der Waals surface area (Å²) in [6.45, 7) is 8.38. The zero-order valence-electron chi connectivity index (χ0n) is 10.1. The number of nitrogen functional groups attached to an aromatic ring is 1. The maximum Gasteiger partial charge on any atom is 0.125 e. The molecule has 0 saturated heterocycles. The molecule has 0 amide bonds. The van der Waals surface area contributed by atoms with E-state index in [0.29, 0.717) is 0 Å². The zero-order valence-corrected chi connectivity index (χ0v) is 10.9. The van der Waals surface area contributed by atoms with Crippen LogP contribution < -0.4 is 5.73 Å². The predicted molar refractivity (Wildman–Crippen MR) is 70.9 cm³/mol. The highest BCUT2D eigenvalue weighted by Crippen LogP contribution is 2.33. The van der Waals surface area contributed by atoms with Crippen LogP contribution >= 0.6 is 11.3 Å². The van der Waals surface area contributed by atoms with E-state index in [0.717, 1.165) is 15.7 Å². The first-order chi connectivity index (χ1) is 7.50. The summed E-state index contributed by atoms with van der Waals surface area (Å²) in [6, 6.07) is 4.28. The van der Waals surface area contributed by atoms with Crippen LogP contribution in [0.3, 0.4) is 0 Å². The van der Waals surface area contributed by atoms with Crippen LogP contribution in [-0.2, 0) is 0 Å². The number of aromatic nitrogens is 1. The summed E-state index contributed by atoms with van der Waals surface area (Å²) in [4.78, 5) is 4.51. The Morgan fingerprint density at radius 2 is 1.75 bits per heavy atom. The largest absolute Gasteiger partial charge is 0.389 e. The van der Waals surface area contributed by atoms with E-state index >= 15 is 0 Å². The Bertz CT molecular complexity index is 522. The molecule has 0 aliphatic heterocycles. The van der Waals surface area contributed by atoms with Crippen LogP contribution in [0, 0.1) is 27.7 Å². The van der Waals surface area contributed by atoms with E-state index in [-0.39, 0.29) is 0 Å². The molecule has 2 rings (SSSR count). The van der Waals surface area contributed by atoms with Gasteiger partial charge in [-0.2, -0.15) is 0 Å². The molecule has 3 heteroatoms. The summed E-state index contributed by atoms with van der Waals surface area (Å²) in [5, 5.41) is 1.84. The van der Waals surface area contributed by atoms with Crippen molar-refractivity contribution in [1.82, 2.24) is 4.98 Å². The SMILES string of the molecule is Cc1ccc(-c2nc(C)c(N)s2)c(C)c1C. The quantitative estimate of drug-likeness (QED) is 0.815. The molecule has 0 aliphatic rings. The third kappa shape index (κ3) is 1.71. The molecule has 0 spiro atoms. The van der Waals surface area contributed by atoms with Crippen molar-refractivity contribution < 1.29 is 0 Å². The van der Waals surface area contributed by atoms with E-state index < -0.39 is 0 Å². The minimum absolute atomic E-state index is 0.813. The Morgan fingerprint density at radius 3 is 2.31 bits per heavy atom. The van der Waals surface area contributed by atoms with Gasteiger partial charge in [0.2, 0.25) is 0 Å².